The Labute approximate surface area is 125 Å². The fourth-order valence-electron chi connectivity index (χ4n) is 2.81. The first-order valence-corrected chi connectivity index (χ1v) is 7.95. The van der Waals surface area contributed by atoms with Crippen LogP contribution in [0.15, 0.2) is 22.7 Å². The Morgan fingerprint density at radius 2 is 2.05 bits per heavy atom. The number of halogens is 1. The average Bonchev–Trinajstić information content (AvgIpc) is 2.40. The standard InChI is InChI=1S/C16H24BrNO/c1-11-4-6-14(8-12(11)2)18-10-13-5-7-16(19-3)15(17)9-13/h5,7,9,11-12,14,18H,4,6,8,10H2,1-3H3. The summed E-state index contributed by atoms with van der Waals surface area (Å²) in [5, 5.41) is 3.69. The molecule has 1 aliphatic carbocycles. The molecule has 0 heterocycles. The molecule has 0 bridgehead atoms. The van der Waals surface area contributed by atoms with Crippen molar-refractivity contribution in [1.82, 2.24) is 5.32 Å². The summed E-state index contributed by atoms with van der Waals surface area (Å²) in [5.74, 6) is 2.62. The molecule has 2 nitrogen and oxygen atoms in total. The molecule has 3 unspecified atom stereocenters. The molecule has 1 N–H and O–H groups in total. The molecule has 106 valence electrons. The maximum Gasteiger partial charge on any atom is 0.133 e. The van der Waals surface area contributed by atoms with Crippen LogP contribution in [0.4, 0.5) is 0 Å². The quantitative estimate of drug-likeness (QED) is 0.887. The fourth-order valence-corrected chi connectivity index (χ4v) is 3.40. The molecule has 1 aromatic carbocycles. The van der Waals surface area contributed by atoms with Crippen LogP contribution < -0.4 is 10.1 Å². The fraction of sp³-hybridized carbons (Fsp3) is 0.625. The maximum atomic E-state index is 5.25. The minimum Gasteiger partial charge on any atom is -0.496 e. The van der Waals surface area contributed by atoms with Crippen molar-refractivity contribution in [1.29, 1.82) is 0 Å². The third kappa shape index (κ3) is 3.96. The number of benzene rings is 1. The van der Waals surface area contributed by atoms with Gasteiger partial charge in [0, 0.05) is 12.6 Å². The van der Waals surface area contributed by atoms with Crippen molar-refractivity contribution in [3.8, 4) is 5.75 Å². The molecule has 3 atom stereocenters. The molecule has 2 rings (SSSR count). The van der Waals surface area contributed by atoms with Gasteiger partial charge in [0.2, 0.25) is 0 Å². The molecular weight excluding hydrogens is 302 g/mol. The van der Waals surface area contributed by atoms with Crippen molar-refractivity contribution in [2.75, 3.05) is 7.11 Å². The van der Waals surface area contributed by atoms with Gasteiger partial charge in [-0.05, 0) is 64.7 Å². The van der Waals surface area contributed by atoms with Gasteiger partial charge in [-0.1, -0.05) is 19.9 Å². The van der Waals surface area contributed by atoms with Crippen LogP contribution in [-0.4, -0.2) is 13.2 Å². The van der Waals surface area contributed by atoms with Crippen LogP contribution in [0.3, 0.4) is 0 Å². The molecule has 19 heavy (non-hydrogen) atoms. The Balaban J connectivity index is 1.87. The van der Waals surface area contributed by atoms with E-state index in [0.29, 0.717) is 6.04 Å². The topological polar surface area (TPSA) is 21.3 Å². The first-order valence-electron chi connectivity index (χ1n) is 7.16. The summed E-state index contributed by atoms with van der Waals surface area (Å²) in [6, 6.07) is 6.96. The van der Waals surface area contributed by atoms with Gasteiger partial charge in [-0.15, -0.1) is 0 Å². The van der Waals surface area contributed by atoms with E-state index in [2.05, 4.69) is 47.2 Å². The normalized spacial score (nSPS) is 27.3. The van der Waals surface area contributed by atoms with Gasteiger partial charge in [0.15, 0.2) is 0 Å². The molecule has 0 aromatic heterocycles. The van der Waals surface area contributed by atoms with Gasteiger partial charge in [-0.2, -0.15) is 0 Å². The number of hydrogen-bond acceptors (Lipinski definition) is 2. The van der Waals surface area contributed by atoms with Crippen LogP contribution in [0.1, 0.15) is 38.7 Å². The van der Waals surface area contributed by atoms with E-state index in [0.717, 1.165) is 28.6 Å². The Hall–Kier alpha value is -0.540. The highest BCUT2D eigenvalue weighted by Crippen LogP contribution is 2.30. The van der Waals surface area contributed by atoms with E-state index < -0.39 is 0 Å². The molecule has 0 radical (unpaired) electrons. The van der Waals surface area contributed by atoms with Crippen molar-refractivity contribution in [3.63, 3.8) is 0 Å². The number of ether oxygens (including phenoxy) is 1. The van der Waals surface area contributed by atoms with E-state index in [1.807, 2.05) is 6.07 Å². The van der Waals surface area contributed by atoms with Crippen molar-refractivity contribution in [2.45, 2.75) is 45.7 Å². The average molecular weight is 326 g/mol. The summed E-state index contributed by atoms with van der Waals surface area (Å²) < 4.78 is 6.28. The smallest absolute Gasteiger partial charge is 0.133 e. The van der Waals surface area contributed by atoms with Crippen LogP contribution in [0.25, 0.3) is 0 Å². The molecule has 0 amide bonds. The van der Waals surface area contributed by atoms with Gasteiger partial charge < -0.3 is 10.1 Å². The Morgan fingerprint density at radius 1 is 1.26 bits per heavy atom. The predicted octanol–water partition coefficient (Wildman–Crippen LogP) is 4.37. The predicted molar refractivity (Wildman–Crippen MR) is 83.5 cm³/mol. The number of methoxy groups -OCH3 is 1. The van der Waals surface area contributed by atoms with E-state index in [1.54, 1.807) is 7.11 Å². The van der Waals surface area contributed by atoms with E-state index in [-0.39, 0.29) is 0 Å². The lowest BCUT2D eigenvalue weighted by Gasteiger charge is -2.32. The third-order valence-electron chi connectivity index (χ3n) is 4.41. The highest BCUT2D eigenvalue weighted by Gasteiger charge is 2.23. The van der Waals surface area contributed by atoms with E-state index in [4.69, 9.17) is 4.74 Å². The van der Waals surface area contributed by atoms with E-state index in [1.165, 1.54) is 24.8 Å². The summed E-state index contributed by atoms with van der Waals surface area (Å²) >= 11 is 3.54. The lowest BCUT2D eigenvalue weighted by atomic mass is 9.79. The summed E-state index contributed by atoms with van der Waals surface area (Å²) in [5.41, 5.74) is 1.30. The molecule has 0 saturated heterocycles. The second-order valence-corrected chi connectivity index (χ2v) is 6.67. The van der Waals surface area contributed by atoms with Crippen LogP contribution in [0.5, 0.6) is 5.75 Å². The zero-order valence-electron chi connectivity index (χ0n) is 12.1. The van der Waals surface area contributed by atoms with Gasteiger partial charge in [-0.3, -0.25) is 0 Å². The highest BCUT2D eigenvalue weighted by atomic mass is 79.9. The minimum atomic E-state index is 0.673. The molecule has 0 spiro atoms. The first kappa shape index (κ1) is 14.9. The summed E-state index contributed by atoms with van der Waals surface area (Å²) in [7, 11) is 1.70. The van der Waals surface area contributed by atoms with Crippen LogP contribution in [0, 0.1) is 11.8 Å². The molecule has 1 aliphatic rings. The lowest BCUT2D eigenvalue weighted by Crippen LogP contribution is -2.35. The molecule has 1 fully saturated rings. The monoisotopic (exact) mass is 325 g/mol. The largest absolute Gasteiger partial charge is 0.496 e. The second-order valence-electron chi connectivity index (χ2n) is 5.81. The maximum absolute atomic E-state index is 5.25. The molecule has 3 heteroatoms. The minimum absolute atomic E-state index is 0.673. The van der Waals surface area contributed by atoms with Crippen molar-refractivity contribution in [3.05, 3.63) is 28.2 Å². The van der Waals surface area contributed by atoms with Crippen molar-refractivity contribution in [2.24, 2.45) is 11.8 Å². The van der Waals surface area contributed by atoms with Gasteiger partial charge in [-0.25, -0.2) is 0 Å². The van der Waals surface area contributed by atoms with Gasteiger partial charge >= 0.3 is 0 Å². The van der Waals surface area contributed by atoms with Crippen molar-refractivity contribution >= 4 is 15.9 Å². The summed E-state index contributed by atoms with van der Waals surface area (Å²) in [6.45, 7) is 5.69. The van der Waals surface area contributed by atoms with Gasteiger partial charge in [0.1, 0.15) is 5.75 Å². The summed E-state index contributed by atoms with van der Waals surface area (Å²) in [6.07, 6.45) is 3.96. The zero-order valence-corrected chi connectivity index (χ0v) is 13.7. The van der Waals surface area contributed by atoms with Gasteiger partial charge in [0.05, 0.1) is 11.6 Å². The zero-order chi connectivity index (χ0) is 13.8. The molecule has 0 aliphatic heterocycles. The van der Waals surface area contributed by atoms with Crippen molar-refractivity contribution < 1.29 is 4.74 Å². The van der Waals surface area contributed by atoms with Gasteiger partial charge in [0.25, 0.3) is 0 Å². The first-order chi connectivity index (χ1) is 9.10. The Morgan fingerprint density at radius 3 is 2.68 bits per heavy atom. The van der Waals surface area contributed by atoms with Crippen LogP contribution in [0.2, 0.25) is 0 Å². The molecule has 1 saturated carbocycles. The number of hydrogen-bond donors (Lipinski definition) is 1. The molecular formula is C16H24BrNO. The lowest BCUT2D eigenvalue weighted by molar-refractivity contribution is 0.225. The number of rotatable bonds is 4. The van der Waals surface area contributed by atoms with Crippen LogP contribution in [-0.2, 0) is 6.54 Å². The highest BCUT2D eigenvalue weighted by molar-refractivity contribution is 9.10. The SMILES string of the molecule is COc1ccc(CNC2CCC(C)C(C)C2)cc1Br. The number of nitrogens with one attached hydrogen (secondary N) is 1. The van der Waals surface area contributed by atoms with E-state index >= 15 is 0 Å². The van der Waals surface area contributed by atoms with E-state index in [9.17, 15) is 0 Å². The molecule has 1 aromatic rings. The second kappa shape index (κ2) is 6.76. The third-order valence-corrected chi connectivity index (χ3v) is 5.03. The Kier molecular flexibility index (Phi) is 5.28. The Bertz CT molecular complexity index is 421. The summed E-state index contributed by atoms with van der Waals surface area (Å²) in [4.78, 5) is 0. The van der Waals surface area contributed by atoms with Crippen LogP contribution >= 0.6 is 15.9 Å².